The molecule has 11 heteroatoms. The molecule has 0 saturated heterocycles. The third-order valence-electron chi connectivity index (χ3n) is 6.07. The summed E-state index contributed by atoms with van der Waals surface area (Å²) in [7, 11) is 1.63. The summed E-state index contributed by atoms with van der Waals surface area (Å²) in [6.45, 7) is 2.30. The monoisotopic (exact) mass is 517 g/mol. The van der Waals surface area contributed by atoms with E-state index in [-0.39, 0.29) is 41.8 Å². The molecule has 1 aliphatic heterocycles. The van der Waals surface area contributed by atoms with E-state index in [0.717, 1.165) is 17.7 Å². The first-order chi connectivity index (χ1) is 17.7. The molecule has 2 amide bonds. The van der Waals surface area contributed by atoms with Crippen molar-refractivity contribution in [1.29, 1.82) is 0 Å². The minimum absolute atomic E-state index is 0.0568. The smallest absolute Gasteiger partial charge is 0.387 e. The number of hydrogen-bond donors (Lipinski definition) is 2. The lowest BCUT2D eigenvalue weighted by Crippen LogP contribution is -2.48. The molecule has 2 aromatic carbocycles. The number of nitrogens with zero attached hydrogens (tertiary/aromatic N) is 3. The van der Waals surface area contributed by atoms with Crippen LogP contribution in [0.25, 0.3) is 0 Å². The SMILES string of the molecule is CCNCCNC(=O)CN(CC(=O)N(C)N1Cc2ccccc2C1)c1cc(C(C)=O)ccc1OC(F)F. The maximum Gasteiger partial charge on any atom is 0.387 e. The van der Waals surface area contributed by atoms with E-state index in [2.05, 4.69) is 15.4 Å². The normalized spacial score (nSPS) is 12.8. The number of halogens is 2. The van der Waals surface area contributed by atoms with Gasteiger partial charge in [0.1, 0.15) is 5.75 Å². The molecule has 1 heterocycles. The fraction of sp³-hybridized carbons (Fsp3) is 0.423. The van der Waals surface area contributed by atoms with Gasteiger partial charge in [0, 0.05) is 38.8 Å². The van der Waals surface area contributed by atoms with E-state index >= 15 is 0 Å². The van der Waals surface area contributed by atoms with Crippen LogP contribution in [-0.4, -0.2) is 74.0 Å². The molecule has 0 spiro atoms. The molecule has 9 nitrogen and oxygen atoms in total. The Morgan fingerprint density at radius 1 is 1.05 bits per heavy atom. The van der Waals surface area contributed by atoms with Crippen molar-refractivity contribution >= 4 is 23.3 Å². The van der Waals surface area contributed by atoms with Gasteiger partial charge in [0.2, 0.25) is 5.91 Å². The fourth-order valence-corrected chi connectivity index (χ4v) is 4.05. The van der Waals surface area contributed by atoms with Crippen molar-refractivity contribution in [2.24, 2.45) is 0 Å². The zero-order chi connectivity index (χ0) is 26.9. The molecule has 0 aromatic heterocycles. The molecule has 1 aliphatic rings. The van der Waals surface area contributed by atoms with Crippen LogP contribution < -0.4 is 20.3 Å². The summed E-state index contributed by atoms with van der Waals surface area (Å²) in [6.07, 6.45) is 0. The number of benzene rings is 2. The lowest BCUT2D eigenvalue weighted by Gasteiger charge is -2.32. The molecular weight excluding hydrogens is 484 g/mol. The van der Waals surface area contributed by atoms with Crippen LogP contribution in [0.4, 0.5) is 14.5 Å². The summed E-state index contributed by atoms with van der Waals surface area (Å²) in [5.41, 5.74) is 2.52. The van der Waals surface area contributed by atoms with Crippen LogP contribution in [0.3, 0.4) is 0 Å². The van der Waals surface area contributed by atoms with E-state index in [1.54, 1.807) is 7.05 Å². The van der Waals surface area contributed by atoms with Crippen LogP contribution in [0.1, 0.15) is 35.3 Å². The number of nitrogens with one attached hydrogen (secondary N) is 2. The number of carbonyl (C=O) groups excluding carboxylic acids is 3. The highest BCUT2D eigenvalue weighted by molar-refractivity contribution is 5.96. The molecule has 0 aliphatic carbocycles. The Morgan fingerprint density at radius 3 is 2.32 bits per heavy atom. The van der Waals surface area contributed by atoms with E-state index in [9.17, 15) is 23.2 Å². The number of likely N-dealkylation sites (N-methyl/N-ethyl adjacent to an activating group) is 2. The summed E-state index contributed by atoms with van der Waals surface area (Å²) in [5.74, 6) is -1.29. The van der Waals surface area contributed by atoms with Gasteiger partial charge in [0.25, 0.3) is 5.91 Å². The number of amides is 2. The molecule has 0 saturated carbocycles. The van der Waals surface area contributed by atoms with Crippen molar-refractivity contribution < 1.29 is 27.9 Å². The topological polar surface area (TPSA) is 94.2 Å². The Labute approximate surface area is 215 Å². The van der Waals surface area contributed by atoms with Gasteiger partial charge in [0.05, 0.1) is 18.8 Å². The number of hydrogen-bond acceptors (Lipinski definition) is 7. The van der Waals surface area contributed by atoms with Crippen molar-refractivity contribution in [3.05, 3.63) is 59.2 Å². The van der Waals surface area contributed by atoms with E-state index in [1.165, 1.54) is 35.0 Å². The van der Waals surface area contributed by atoms with Gasteiger partial charge in [-0.3, -0.25) is 19.4 Å². The van der Waals surface area contributed by atoms with Gasteiger partial charge in [-0.05, 0) is 42.8 Å². The second-order valence-electron chi connectivity index (χ2n) is 8.69. The zero-order valence-electron chi connectivity index (χ0n) is 21.3. The summed E-state index contributed by atoms with van der Waals surface area (Å²) < 4.78 is 31.0. The third-order valence-corrected chi connectivity index (χ3v) is 6.07. The second kappa shape index (κ2) is 13.1. The fourth-order valence-electron chi connectivity index (χ4n) is 4.05. The highest BCUT2D eigenvalue weighted by Crippen LogP contribution is 2.32. The first kappa shape index (κ1) is 28.0. The van der Waals surface area contributed by atoms with Gasteiger partial charge in [-0.25, -0.2) is 5.01 Å². The molecule has 0 atom stereocenters. The summed E-state index contributed by atoms with van der Waals surface area (Å²) in [6, 6.07) is 11.9. The number of ether oxygens (including phenoxy) is 1. The number of hydrazine groups is 1. The molecule has 37 heavy (non-hydrogen) atoms. The first-order valence-electron chi connectivity index (χ1n) is 12.1. The van der Waals surface area contributed by atoms with Crippen LogP contribution in [0.15, 0.2) is 42.5 Å². The predicted octanol–water partition coefficient (Wildman–Crippen LogP) is 2.41. The Hall–Kier alpha value is -3.57. The summed E-state index contributed by atoms with van der Waals surface area (Å²) in [4.78, 5) is 39.4. The molecule has 200 valence electrons. The number of anilines is 1. The summed E-state index contributed by atoms with van der Waals surface area (Å²) in [5, 5.41) is 9.18. The third kappa shape index (κ3) is 7.70. The standard InChI is InChI=1S/C26H33F2N5O4/c1-4-29-11-12-30-24(35)16-32(22-13-19(18(2)34)9-10-23(22)37-26(27)28)17-25(36)31(3)33-14-20-7-5-6-8-21(20)15-33/h5-10,13,26,29H,4,11-12,14-17H2,1-3H3,(H,30,35). The maximum absolute atomic E-state index is 13.3. The lowest BCUT2D eigenvalue weighted by atomic mass is 10.1. The van der Waals surface area contributed by atoms with Crippen LogP contribution >= 0.6 is 0 Å². The van der Waals surface area contributed by atoms with E-state index < -0.39 is 12.5 Å². The lowest BCUT2D eigenvalue weighted by molar-refractivity contribution is -0.145. The number of Topliss-reactive ketones (excluding diaryl/α,β-unsaturated/α-hetero) is 1. The molecular formula is C26H33F2N5O4. The van der Waals surface area contributed by atoms with Crippen LogP contribution in [-0.2, 0) is 22.7 Å². The van der Waals surface area contributed by atoms with Crippen molar-refractivity contribution in [3.63, 3.8) is 0 Å². The molecule has 0 unspecified atom stereocenters. The van der Waals surface area contributed by atoms with Crippen LogP contribution in [0.2, 0.25) is 0 Å². The minimum Gasteiger partial charge on any atom is -0.433 e. The number of ketones is 1. The number of carbonyl (C=O) groups is 3. The van der Waals surface area contributed by atoms with Crippen molar-refractivity contribution in [2.75, 3.05) is 44.7 Å². The van der Waals surface area contributed by atoms with Gasteiger partial charge < -0.3 is 20.3 Å². The Balaban J connectivity index is 1.84. The van der Waals surface area contributed by atoms with Gasteiger partial charge >= 0.3 is 6.61 Å². The van der Waals surface area contributed by atoms with Crippen molar-refractivity contribution in [2.45, 2.75) is 33.5 Å². The van der Waals surface area contributed by atoms with Crippen molar-refractivity contribution in [3.8, 4) is 5.75 Å². The average molecular weight is 518 g/mol. The average Bonchev–Trinajstić information content (AvgIpc) is 3.30. The van der Waals surface area contributed by atoms with Crippen LogP contribution in [0.5, 0.6) is 5.75 Å². The number of fused-ring (bicyclic) bond motifs is 1. The van der Waals surface area contributed by atoms with Gasteiger partial charge in [-0.1, -0.05) is 31.2 Å². The molecule has 2 N–H and O–H groups in total. The number of rotatable bonds is 13. The Kier molecular flexibility index (Phi) is 9.93. The second-order valence-corrected chi connectivity index (χ2v) is 8.69. The molecule has 3 rings (SSSR count). The Bertz CT molecular complexity index is 1090. The van der Waals surface area contributed by atoms with E-state index in [0.29, 0.717) is 26.2 Å². The molecule has 2 aromatic rings. The van der Waals surface area contributed by atoms with Gasteiger partial charge in [-0.15, -0.1) is 0 Å². The highest BCUT2D eigenvalue weighted by atomic mass is 19.3. The van der Waals surface area contributed by atoms with Gasteiger partial charge in [-0.2, -0.15) is 8.78 Å². The van der Waals surface area contributed by atoms with Crippen LogP contribution in [0, 0.1) is 0 Å². The number of alkyl halides is 2. The summed E-state index contributed by atoms with van der Waals surface area (Å²) >= 11 is 0. The van der Waals surface area contributed by atoms with Crippen molar-refractivity contribution in [1.82, 2.24) is 20.7 Å². The quantitative estimate of drug-likeness (QED) is 0.311. The Morgan fingerprint density at radius 2 is 1.73 bits per heavy atom. The predicted molar refractivity (Wildman–Crippen MR) is 135 cm³/mol. The first-order valence-corrected chi connectivity index (χ1v) is 12.1. The van der Waals surface area contributed by atoms with Gasteiger partial charge in [0.15, 0.2) is 5.78 Å². The molecule has 0 radical (unpaired) electrons. The molecule has 0 fully saturated rings. The van der Waals surface area contributed by atoms with E-state index in [1.807, 2.05) is 36.2 Å². The highest BCUT2D eigenvalue weighted by Gasteiger charge is 2.28. The molecule has 0 bridgehead atoms. The largest absolute Gasteiger partial charge is 0.433 e. The zero-order valence-corrected chi connectivity index (χ0v) is 21.3. The maximum atomic E-state index is 13.3. The minimum atomic E-state index is -3.13. The van der Waals surface area contributed by atoms with E-state index in [4.69, 9.17) is 0 Å².